The van der Waals surface area contributed by atoms with Gasteiger partial charge in [-0.15, -0.1) is 0 Å². The third-order valence-electron chi connectivity index (χ3n) is 3.02. The average molecular weight is 366 g/mol. The van der Waals surface area contributed by atoms with Crippen molar-refractivity contribution in [1.29, 1.82) is 0 Å². The first-order chi connectivity index (χ1) is 12.3. The van der Waals surface area contributed by atoms with Gasteiger partial charge in [-0.25, -0.2) is 9.97 Å². The van der Waals surface area contributed by atoms with E-state index in [0.29, 0.717) is 22.8 Å². The normalized spacial score (nSPS) is 10.8. The van der Waals surface area contributed by atoms with E-state index in [4.69, 9.17) is 4.79 Å². The number of halogens is 3. The van der Waals surface area contributed by atoms with Gasteiger partial charge in [0.05, 0.1) is 11.4 Å². The fraction of sp³-hybridized carbons (Fsp3) is 0.200. The zero-order valence-corrected chi connectivity index (χ0v) is 13.7. The maximum atomic E-state index is 12.5. The van der Waals surface area contributed by atoms with Crippen LogP contribution in [0.25, 0.3) is 22.8 Å². The molecule has 0 spiro atoms. The van der Waals surface area contributed by atoms with E-state index < -0.39 is 12.1 Å². The summed E-state index contributed by atoms with van der Waals surface area (Å²) in [4.78, 5) is 24.5. The summed E-state index contributed by atoms with van der Waals surface area (Å²) in [6, 6.07) is 3.05. The molecule has 0 aromatic carbocycles. The minimum Gasteiger partial charge on any atom is -0.372 e. The molecule has 0 aliphatic rings. The maximum Gasteiger partial charge on any atom is 0.471 e. The molecule has 0 saturated heterocycles. The Morgan fingerprint density at radius 1 is 1.19 bits per heavy atom. The van der Waals surface area contributed by atoms with Gasteiger partial charge in [0.25, 0.3) is 0 Å². The standard InChI is InChI=1S/C14H10F3N5O.CH3NO/c1-7-6-19-8(2)20-11(7)10-5-9(3-4-18-10)12-21-13(23-22-12)14(15,16)17;2-1-3/h3-6H,1-2H3;1H,(H2,2,3). The van der Waals surface area contributed by atoms with Crippen LogP contribution in [-0.4, -0.2) is 31.5 Å². The molecule has 0 bridgehead atoms. The molecule has 26 heavy (non-hydrogen) atoms. The Hall–Kier alpha value is -3.37. The van der Waals surface area contributed by atoms with Gasteiger partial charge in [0, 0.05) is 18.0 Å². The topological polar surface area (TPSA) is 121 Å². The van der Waals surface area contributed by atoms with Crippen LogP contribution in [-0.2, 0) is 11.0 Å². The molecule has 2 N–H and O–H groups in total. The number of carbonyl (C=O) groups is 1. The van der Waals surface area contributed by atoms with Gasteiger partial charge in [-0.2, -0.15) is 18.2 Å². The Morgan fingerprint density at radius 2 is 1.88 bits per heavy atom. The molecule has 3 aromatic heterocycles. The number of carbonyl (C=O) groups excluding carboxylic acids is 1. The fourth-order valence-corrected chi connectivity index (χ4v) is 1.94. The molecule has 0 aliphatic carbocycles. The number of aryl methyl sites for hydroxylation is 2. The Morgan fingerprint density at radius 3 is 2.50 bits per heavy atom. The number of alkyl halides is 3. The summed E-state index contributed by atoms with van der Waals surface area (Å²) in [5.41, 5.74) is 6.40. The van der Waals surface area contributed by atoms with Crippen LogP contribution >= 0.6 is 0 Å². The van der Waals surface area contributed by atoms with Crippen LogP contribution in [0.5, 0.6) is 0 Å². The minimum atomic E-state index is -4.68. The predicted molar refractivity (Wildman–Crippen MR) is 83.3 cm³/mol. The Bertz CT molecular complexity index is 910. The highest BCUT2D eigenvalue weighted by molar-refractivity contribution is 5.65. The van der Waals surface area contributed by atoms with Gasteiger partial charge >= 0.3 is 12.1 Å². The van der Waals surface area contributed by atoms with Crippen molar-refractivity contribution in [2.75, 3.05) is 0 Å². The van der Waals surface area contributed by atoms with E-state index in [1.54, 1.807) is 19.2 Å². The fourth-order valence-electron chi connectivity index (χ4n) is 1.94. The van der Waals surface area contributed by atoms with Crippen molar-refractivity contribution in [3.05, 3.63) is 41.8 Å². The third-order valence-corrected chi connectivity index (χ3v) is 3.02. The Kier molecular flexibility index (Phi) is 5.60. The van der Waals surface area contributed by atoms with Crippen LogP contribution in [0.4, 0.5) is 13.2 Å². The van der Waals surface area contributed by atoms with Crippen molar-refractivity contribution in [2.24, 2.45) is 5.73 Å². The first-order valence-electron chi connectivity index (χ1n) is 7.09. The molecule has 0 fully saturated rings. The highest BCUT2D eigenvalue weighted by Crippen LogP contribution is 2.30. The van der Waals surface area contributed by atoms with Crippen LogP contribution in [0.1, 0.15) is 17.3 Å². The largest absolute Gasteiger partial charge is 0.471 e. The summed E-state index contributed by atoms with van der Waals surface area (Å²) >= 11 is 0. The van der Waals surface area contributed by atoms with Gasteiger partial charge in [-0.1, -0.05) is 5.16 Å². The third kappa shape index (κ3) is 4.37. The second-order valence-electron chi connectivity index (χ2n) is 4.94. The summed E-state index contributed by atoms with van der Waals surface area (Å²) in [5.74, 6) is -0.985. The molecule has 3 heterocycles. The second-order valence-corrected chi connectivity index (χ2v) is 4.94. The van der Waals surface area contributed by atoms with Gasteiger partial charge in [0.2, 0.25) is 12.2 Å². The zero-order chi connectivity index (χ0) is 19.3. The number of amides is 1. The molecule has 8 nitrogen and oxygen atoms in total. The second kappa shape index (κ2) is 7.68. The molecule has 11 heteroatoms. The molecular weight excluding hydrogens is 353 g/mol. The Labute approximate surface area is 145 Å². The predicted octanol–water partition coefficient (Wildman–Crippen LogP) is 2.33. The van der Waals surface area contributed by atoms with Crippen molar-refractivity contribution in [1.82, 2.24) is 25.1 Å². The summed E-state index contributed by atoms with van der Waals surface area (Å²) < 4.78 is 41.8. The van der Waals surface area contributed by atoms with Crippen molar-refractivity contribution >= 4 is 6.41 Å². The lowest BCUT2D eigenvalue weighted by Crippen LogP contribution is -2.04. The van der Waals surface area contributed by atoms with Crippen LogP contribution in [0, 0.1) is 13.8 Å². The summed E-state index contributed by atoms with van der Waals surface area (Å²) in [6.45, 7) is 3.56. The molecule has 0 atom stereocenters. The van der Waals surface area contributed by atoms with Crippen LogP contribution in [0.15, 0.2) is 29.0 Å². The Balaban J connectivity index is 0.000000758. The number of aromatic nitrogens is 5. The highest BCUT2D eigenvalue weighted by atomic mass is 19.4. The van der Waals surface area contributed by atoms with E-state index in [1.165, 1.54) is 12.3 Å². The van der Waals surface area contributed by atoms with Gasteiger partial charge in [0.15, 0.2) is 0 Å². The van der Waals surface area contributed by atoms with E-state index in [9.17, 15) is 13.2 Å². The SMILES string of the molecule is Cc1ncc(C)c(-c2cc(-c3noc(C(F)(F)F)n3)ccn2)n1.NC=O. The molecule has 3 aromatic rings. The minimum absolute atomic E-state index is 0.163. The molecule has 0 aliphatic heterocycles. The summed E-state index contributed by atoms with van der Waals surface area (Å²) in [5, 5.41) is 3.36. The van der Waals surface area contributed by atoms with E-state index >= 15 is 0 Å². The number of nitrogens with two attached hydrogens (primary N) is 1. The van der Waals surface area contributed by atoms with Gasteiger partial charge < -0.3 is 10.3 Å². The van der Waals surface area contributed by atoms with Gasteiger partial charge in [0.1, 0.15) is 5.82 Å². The van der Waals surface area contributed by atoms with E-state index in [2.05, 4.69) is 35.3 Å². The van der Waals surface area contributed by atoms with E-state index in [1.807, 2.05) is 6.92 Å². The van der Waals surface area contributed by atoms with E-state index in [0.717, 1.165) is 5.56 Å². The molecule has 0 unspecified atom stereocenters. The lowest BCUT2D eigenvalue weighted by atomic mass is 10.1. The van der Waals surface area contributed by atoms with Crippen molar-refractivity contribution in [3.63, 3.8) is 0 Å². The van der Waals surface area contributed by atoms with Crippen molar-refractivity contribution in [2.45, 2.75) is 20.0 Å². The first-order valence-corrected chi connectivity index (χ1v) is 7.09. The maximum absolute atomic E-state index is 12.5. The quantitative estimate of drug-likeness (QED) is 0.691. The molecule has 1 amide bonds. The first kappa shape index (κ1) is 19.0. The van der Waals surface area contributed by atoms with Gasteiger partial charge in [-0.3, -0.25) is 9.78 Å². The number of hydrogen-bond donors (Lipinski definition) is 1. The molecule has 3 rings (SSSR count). The number of hydrogen-bond acceptors (Lipinski definition) is 7. The average Bonchev–Trinajstić information content (AvgIpc) is 3.08. The monoisotopic (exact) mass is 366 g/mol. The number of nitrogens with zero attached hydrogens (tertiary/aromatic N) is 5. The smallest absolute Gasteiger partial charge is 0.372 e. The molecular formula is C15H13F3N6O2. The summed E-state index contributed by atoms with van der Waals surface area (Å²) in [7, 11) is 0. The van der Waals surface area contributed by atoms with Gasteiger partial charge in [-0.05, 0) is 31.5 Å². The summed E-state index contributed by atoms with van der Waals surface area (Å²) in [6.07, 6.45) is -1.32. The number of primary amides is 1. The number of rotatable bonds is 2. The van der Waals surface area contributed by atoms with Crippen LogP contribution in [0.2, 0.25) is 0 Å². The lowest BCUT2D eigenvalue weighted by Gasteiger charge is -2.05. The van der Waals surface area contributed by atoms with Crippen molar-refractivity contribution in [3.8, 4) is 22.8 Å². The van der Waals surface area contributed by atoms with Crippen molar-refractivity contribution < 1.29 is 22.5 Å². The molecule has 0 radical (unpaired) electrons. The lowest BCUT2D eigenvalue weighted by molar-refractivity contribution is -0.159. The zero-order valence-electron chi connectivity index (χ0n) is 13.7. The molecule has 136 valence electrons. The highest BCUT2D eigenvalue weighted by Gasteiger charge is 2.38. The van der Waals surface area contributed by atoms with Crippen LogP contribution < -0.4 is 5.73 Å². The molecule has 0 saturated carbocycles. The number of pyridine rings is 1. The van der Waals surface area contributed by atoms with E-state index in [-0.39, 0.29) is 12.2 Å². The van der Waals surface area contributed by atoms with Crippen LogP contribution in [0.3, 0.4) is 0 Å².